The van der Waals surface area contributed by atoms with Gasteiger partial charge in [-0.1, -0.05) is 18.2 Å². The van der Waals surface area contributed by atoms with Crippen LogP contribution in [0.25, 0.3) is 0 Å². The third-order valence-corrected chi connectivity index (χ3v) is 3.87. The smallest absolute Gasteiger partial charge is 0.175 e. The summed E-state index contributed by atoms with van der Waals surface area (Å²) in [5.41, 5.74) is 6.07. The molecular weight excluding hydrogens is 290 g/mol. The predicted octanol–water partition coefficient (Wildman–Crippen LogP) is 2.13. The van der Waals surface area contributed by atoms with E-state index in [1.54, 1.807) is 6.07 Å². The SMILES string of the molecule is CS(=O)(=O)c1ccc(OCCOc2ccccc2)c(N)c1. The van der Waals surface area contributed by atoms with Crippen LogP contribution in [0.4, 0.5) is 5.69 Å². The minimum Gasteiger partial charge on any atom is -0.490 e. The van der Waals surface area contributed by atoms with Crippen molar-refractivity contribution in [3.63, 3.8) is 0 Å². The van der Waals surface area contributed by atoms with Gasteiger partial charge in [0, 0.05) is 6.26 Å². The first-order valence-electron chi connectivity index (χ1n) is 6.37. The average Bonchev–Trinajstić information content (AvgIpc) is 2.45. The lowest BCUT2D eigenvalue weighted by molar-refractivity contribution is 0.218. The Hall–Kier alpha value is -2.21. The second-order valence-corrected chi connectivity index (χ2v) is 6.50. The Balaban J connectivity index is 1.89. The molecule has 0 aliphatic heterocycles. The summed E-state index contributed by atoms with van der Waals surface area (Å²) in [4.78, 5) is 0.174. The van der Waals surface area contributed by atoms with E-state index in [9.17, 15) is 8.42 Å². The number of nitrogens with two attached hydrogens (primary N) is 1. The van der Waals surface area contributed by atoms with Crippen LogP contribution >= 0.6 is 0 Å². The van der Waals surface area contributed by atoms with E-state index in [0.717, 1.165) is 12.0 Å². The summed E-state index contributed by atoms with van der Waals surface area (Å²) in [5.74, 6) is 1.21. The molecule has 0 aliphatic rings. The van der Waals surface area contributed by atoms with Gasteiger partial charge in [0.2, 0.25) is 0 Å². The van der Waals surface area contributed by atoms with E-state index in [1.807, 2.05) is 30.3 Å². The summed E-state index contributed by atoms with van der Waals surface area (Å²) in [6.07, 6.45) is 1.13. The van der Waals surface area contributed by atoms with E-state index in [-0.39, 0.29) is 10.6 Å². The number of anilines is 1. The largest absolute Gasteiger partial charge is 0.490 e. The molecule has 0 aliphatic carbocycles. The van der Waals surface area contributed by atoms with Crippen LogP contribution in [0.2, 0.25) is 0 Å². The summed E-state index contributed by atoms with van der Waals surface area (Å²) in [5, 5.41) is 0. The van der Waals surface area contributed by atoms with Gasteiger partial charge in [0.05, 0.1) is 10.6 Å². The normalized spacial score (nSPS) is 11.1. The summed E-state index contributed by atoms with van der Waals surface area (Å²) in [7, 11) is -3.26. The van der Waals surface area contributed by atoms with Crippen LogP contribution in [0.5, 0.6) is 11.5 Å². The fourth-order valence-corrected chi connectivity index (χ4v) is 2.37. The van der Waals surface area contributed by atoms with Crippen LogP contribution in [0, 0.1) is 0 Å². The highest BCUT2D eigenvalue weighted by molar-refractivity contribution is 7.90. The molecule has 0 heterocycles. The van der Waals surface area contributed by atoms with Gasteiger partial charge >= 0.3 is 0 Å². The van der Waals surface area contributed by atoms with Crippen molar-refractivity contribution >= 4 is 15.5 Å². The lowest BCUT2D eigenvalue weighted by Crippen LogP contribution is -2.10. The molecule has 0 saturated heterocycles. The number of nitrogen functional groups attached to an aromatic ring is 1. The Bertz CT molecular complexity index is 699. The van der Waals surface area contributed by atoms with Crippen molar-refractivity contribution < 1.29 is 17.9 Å². The number of rotatable bonds is 6. The number of hydrogen-bond donors (Lipinski definition) is 1. The van der Waals surface area contributed by atoms with E-state index in [2.05, 4.69) is 0 Å². The van der Waals surface area contributed by atoms with Crippen LogP contribution in [0.3, 0.4) is 0 Å². The van der Waals surface area contributed by atoms with Crippen LogP contribution in [0.15, 0.2) is 53.4 Å². The van der Waals surface area contributed by atoms with Gasteiger partial charge in [-0.05, 0) is 30.3 Å². The molecule has 2 N–H and O–H groups in total. The Kier molecular flexibility index (Phi) is 4.70. The highest BCUT2D eigenvalue weighted by atomic mass is 32.2. The number of hydrogen-bond acceptors (Lipinski definition) is 5. The van der Waals surface area contributed by atoms with Crippen molar-refractivity contribution in [2.24, 2.45) is 0 Å². The van der Waals surface area contributed by atoms with Crippen LogP contribution in [-0.4, -0.2) is 27.9 Å². The van der Waals surface area contributed by atoms with Gasteiger partial charge in [0.1, 0.15) is 24.7 Å². The molecule has 0 unspecified atom stereocenters. The fourth-order valence-electron chi connectivity index (χ4n) is 1.72. The maximum Gasteiger partial charge on any atom is 0.175 e. The number of sulfone groups is 1. The molecule has 0 aromatic heterocycles. The summed E-state index contributed by atoms with van der Waals surface area (Å²) >= 11 is 0. The Morgan fingerprint density at radius 2 is 1.67 bits per heavy atom. The lowest BCUT2D eigenvalue weighted by atomic mass is 10.3. The van der Waals surface area contributed by atoms with Gasteiger partial charge < -0.3 is 15.2 Å². The molecule has 112 valence electrons. The molecular formula is C15H17NO4S. The first-order chi connectivity index (χ1) is 9.97. The van der Waals surface area contributed by atoms with Crippen molar-refractivity contribution in [2.45, 2.75) is 4.90 Å². The van der Waals surface area contributed by atoms with E-state index in [4.69, 9.17) is 15.2 Å². The number of para-hydroxylation sites is 1. The highest BCUT2D eigenvalue weighted by Gasteiger charge is 2.10. The second-order valence-electron chi connectivity index (χ2n) is 4.48. The van der Waals surface area contributed by atoms with Gasteiger partial charge in [-0.15, -0.1) is 0 Å². The molecule has 0 saturated carbocycles. The fraction of sp³-hybridized carbons (Fsp3) is 0.200. The van der Waals surface area contributed by atoms with Gasteiger partial charge in [-0.2, -0.15) is 0 Å². The van der Waals surface area contributed by atoms with Gasteiger partial charge in [0.15, 0.2) is 9.84 Å². The molecule has 0 radical (unpaired) electrons. The maximum absolute atomic E-state index is 11.4. The van der Waals surface area contributed by atoms with Crippen LogP contribution < -0.4 is 15.2 Å². The van der Waals surface area contributed by atoms with E-state index >= 15 is 0 Å². The monoisotopic (exact) mass is 307 g/mol. The van der Waals surface area contributed by atoms with E-state index in [1.165, 1.54) is 12.1 Å². The molecule has 2 aromatic rings. The summed E-state index contributed by atoms with van der Waals surface area (Å²) in [6, 6.07) is 13.8. The third-order valence-electron chi connectivity index (χ3n) is 2.76. The summed E-state index contributed by atoms with van der Waals surface area (Å²) in [6.45, 7) is 0.689. The zero-order chi connectivity index (χ0) is 15.3. The zero-order valence-corrected chi connectivity index (χ0v) is 12.5. The second kappa shape index (κ2) is 6.49. The Labute approximate surface area is 124 Å². The van der Waals surface area contributed by atoms with Crippen LogP contribution in [0.1, 0.15) is 0 Å². The van der Waals surface area contributed by atoms with Crippen molar-refractivity contribution in [3.05, 3.63) is 48.5 Å². The predicted molar refractivity (Wildman–Crippen MR) is 81.4 cm³/mol. The number of benzene rings is 2. The minimum atomic E-state index is -3.26. The zero-order valence-electron chi connectivity index (χ0n) is 11.7. The minimum absolute atomic E-state index is 0.174. The molecule has 0 spiro atoms. The molecule has 21 heavy (non-hydrogen) atoms. The lowest BCUT2D eigenvalue weighted by Gasteiger charge is -2.11. The number of ether oxygens (including phenoxy) is 2. The topological polar surface area (TPSA) is 78.6 Å². The quantitative estimate of drug-likeness (QED) is 0.653. The van der Waals surface area contributed by atoms with Gasteiger partial charge in [-0.25, -0.2) is 8.42 Å². The molecule has 0 atom stereocenters. The Morgan fingerprint density at radius 1 is 1.00 bits per heavy atom. The van der Waals surface area contributed by atoms with Crippen molar-refractivity contribution in [3.8, 4) is 11.5 Å². The van der Waals surface area contributed by atoms with Crippen molar-refractivity contribution in [2.75, 3.05) is 25.2 Å². The standard InChI is InChI=1S/C15H17NO4S/c1-21(17,18)13-7-8-15(14(16)11-13)20-10-9-19-12-5-3-2-4-6-12/h2-8,11H,9-10,16H2,1H3. The molecule has 2 rings (SSSR count). The molecule has 0 amide bonds. The molecule has 0 bridgehead atoms. The van der Waals surface area contributed by atoms with Gasteiger partial charge in [0.25, 0.3) is 0 Å². The molecule has 6 heteroatoms. The highest BCUT2D eigenvalue weighted by Crippen LogP contribution is 2.24. The maximum atomic E-state index is 11.4. The summed E-state index contributed by atoms with van der Waals surface area (Å²) < 4.78 is 33.8. The Morgan fingerprint density at radius 3 is 2.29 bits per heavy atom. The van der Waals surface area contributed by atoms with Crippen LogP contribution in [-0.2, 0) is 9.84 Å². The van der Waals surface area contributed by atoms with Crippen molar-refractivity contribution in [1.29, 1.82) is 0 Å². The van der Waals surface area contributed by atoms with Gasteiger partial charge in [-0.3, -0.25) is 0 Å². The van der Waals surface area contributed by atoms with E-state index in [0.29, 0.717) is 19.0 Å². The van der Waals surface area contributed by atoms with E-state index < -0.39 is 9.84 Å². The molecule has 5 nitrogen and oxygen atoms in total. The third kappa shape index (κ3) is 4.39. The first kappa shape index (κ1) is 15.2. The molecule has 0 fully saturated rings. The molecule has 2 aromatic carbocycles. The first-order valence-corrected chi connectivity index (χ1v) is 8.26. The van der Waals surface area contributed by atoms with Crippen molar-refractivity contribution in [1.82, 2.24) is 0 Å². The average molecular weight is 307 g/mol.